The summed E-state index contributed by atoms with van der Waals surface area (Å²) in [4.78, 5) is 59.6. The molecule has 0 radical (unpaired) electrons. The summed E-state index contributed by atoms with van der Waals surface area (Å²) >= 11 is 0. The topological polar surface area (TPSA) is 165 Å². The number of hydrogen-bond donors (Lipinski definition) is 2. The molecule has 380 valence electrons. The largest absolute Gasteiger partial charge is 0.311 e. The maximum Gasteiger partial charge on any atom is 0.231 e. The van der Waals surface area contributed by atoms with Crippen molar-refractivity contribution in [1.82, 2.24) is 44.5 Å². The summed E-state index contributed by atoms with van der Waals surface area (Å²) in [6.45, 7) is 4.49. The molecule has 6 aliphatic rings. The summed E-state index contributed by atoms with van der Waals surface area (Å²) in [6.07, 6.45) is 22.7. The van der Waals surface area contributed by atoms with Crippen LogP contribution in [0.5, 0.6) is 0 Å². The first-order valence-corrected chi connectivity index (χ1v) is 27.3. The fourth-order valence-corrected chi connectivity index (χ4v) is 13.3. The highest BCUT2D eigenvalue weighted by molar-refractivity contribution is 6.13. The van der Waals surface area contributed by atoms with Crippen molar-refractivity contribution < 1.29 is 14.4 Å². The average molecular weight is 998 g/mol. The van der Waals surface area contributed by atoms with Gasteiger partial charge in [-0.25, -0.2) is 14.9 Å². The van der Waals surface area contributed by atoms with E-state index in [9.17, 15) is 14.4 Å². The van der Waals surface area contributed by atoms with Crippen LogP contribution in [0.15, 0.2) is 110 Å². The molecular weight excluding hydrogens is 935 g/mol. The van der Waals surface area contributed by atoms with E-state index in [1.54, 1.807) is 17.6 Å². The first kappa shape index (κ1) is 47.3. The molecule has 3 amide bonds. The van der Waals surface area contributed by atoms with E-state index in [2.05, 4.69) is 34.9 Å². The second-order valence-corrected chi connectivity index (χ2v) is 22.3. The number of fused-ring (bicyclic) bond motifs is 6. The number of nitrogens with one attached hydrogen (secondary N) is 2. The third kappa shape index (κ3) is 9.10. The van der Waals surface area contributed by atoms with Gasteiger partial charge in [-0.3, -0.25) is 24.4 Å². The molecule has 4 bridgehead atoms. The fourth-order valence-electron chi connectivity index (χ4n) is 13.3. The first-order valence-electron chi connectivity index (χ1n) is 27.3. The summed E-state index contributed by atoms with van der Waals surface area (Å²) in [5.74, 6) is 3.73. The number of hydrogen-bond acceptors (Lipinski definition) is 10. The molecule has 4 aliphatic carbocycles. The predicted octanol–water partition coefficient (Wildman–Crippen LogP) is 11.8. The number of pyridine rings is 2. The van der Waals surface area contributed by atoms with Gasteiger partial charge < -0.3 is 10.6 Å². The van der Waals surface area contributed by atoms with Crippen molar-refractivity contribution in [1.29, 1.82) is 0 Å². The molecule has 2 unspecified atom stereocenters. The van der Waals surface area contributed by atoms with Crippen molar-refractivity contribution in [2.24, 2.45) is 11.8 Å². The maximum absolute atomic E-state index is 12.9. The van der Waals surface area contributed by atoms with Gasteiger partial charge >= 0.3 is 0 Å². The number of carbonyl (C=O) groups excluding carboxylic acids is 3. The number of aromatic nitrogens is 8. The molecule has 14 rings (SSSR count). The second-order valence-electron chi connectivity index (χ2n) is 22.3. The molecule has 8 aromatic rings. The molecular formula is C61H63N11O3. The SMILES string of the molecule is CC(=O)N(C(C)=O)c1c(C2CC2)c(C2C[C@H]3CC[C@@H](C2)C3)nc2c(-c3ccc(-c4ccccc4)nc3)cnn12.CC(=O)Nc1c(C2CC2)c(C2C[C@H]3CC[C@@H](C2)N3)nc2c(-c3ccc(-c4ccccc4)nc3)cnn12. The molecule has 6 atom stereocenters. The zero-order chi connectivity index (χ0) is 50.9. The third-order valence-corrected chi connectivity index (χ3v) is 16.9. The van der Waals surface area contributed by atoms with Crippen LogP contribution in [0.2, 0.25) is 0 Å². The number of amides is 3. The van der Waals surface area contributed by atoms with Gasteiger partial charge in [-0.1, -0.05) is 85.6 Å². The van der Waals surface area contributed by atoms with Crippen LogP contribution >= 0.6 is 0 Å². The maximum atomic E-state index is 12.9. The molecule has 14 heteroatoms. The van der Waals surface area contributed by atoms with Gasteiger partial charge in [0.15, 0.2) is 17.1 Å². The Kier molecular flexibility index (Phi) is 12.2. The minimum Gasteiger partial charge on any atom is -0.311 e. The van der Waals surface area contributed by atoms with Gasteiger partial charge in [0.05, 0.1) is 35.2 Å². The minimum absolute atomic E-state index is 0.0772. The Morgan fingerprint density at radius 3 is 1.51 bits per heavy atom. The van der Waals surface area contributed by atoms with Gasteiger partial charge in [0, 0.05) is 102 Å². The molecule has 8 heterocycles. The van der Waals surface area contributed by atoms with E-state index in [1.165, 1.54) is 62.1 Å². The van der Waals surface area contributed by atoms with E-state index in [0.29, 0.717) is 47.2 Å². The average Bonchev–Trinajstić information content (AvgIpc) is 4.38. The van der Waals surface area contributed by atoms with Gasteiger partial charge in [0.2, 0.25) is 17.7 Å². The molecule has 4 saturated carbocycles. The molecule has 2 aliphatic heterocycles. The summed E-state index contributed by atoms with van der Waals surface area (Å²) in [7, 11) is 0. The number of rotatable bonds is 10. The molecule has 6 aromatic heterocycles. The van der Waals surface area contributed by atoms with Crippen LogP contribution in [0.1, 0.15) is 150 Å². The van der Waals surface area contributed by atoms with E-state index >= 15 is 0 Å². The Balaban J connectivity index is 0.000000145. The Morgan fingerprint density at radius 1 is 0.520 bits per heavy atom. The summed E-state index contributed by atoms with van der Waals surface area (Å²) in [6, 6.07) is 29.6. The zero-order valence-electron chi connectivity index (χ0n) is 43.0. The highest BCUT2D eigenvalue weighted by Gasteiger charge is 2.43. The van der Waals surface area contributed by atoms with Gasteiger partial charge in [0.25, 0.3) is 0 Å². The van der Waals surface area contributed by atoms with Crippen LogP contribution in [0.25, 0.3) is 56.1 Å². The quantitative estimate of drug-likeness (QED) is 0.135. The molecule has 2 N–H and O–H groups in total. The second kappa shape index (κ2) is 19.4. The van der Waals surface area contributed by atoms with Crippen molar-refractivity contribution in [3.63, 3.8) is 0 Å². The highest BCUT2D eigenvalue weighted by atomic mass is 16.2. The minimum atomic E-state index is -0.294. The molecule has 14 nitrogen and oxygen atoms in total. The normalized spacial score (nSPS) is 22.7. The van der Waals surface area contributed by atoms with Crippen molar-refractivity contribution in [3.8, 4) is 44.8 Å². The Bertz CT molecular complexity index is 3440. The summed E-state index contributed by atoms with van der Waals surface area (Å²) < 4.78 is 3.58. The van der Waals surface area contributed by atoms with E-state index in [0.717, 1.165) is 131 Å². The summed E-state index contributed by atoms with van der Waals surface area (Å²) in [5, 5.41) is 16.4. The smallest absolute Gasteiger partial charge is 0.231 e. The van der Waals surface area contributed by atoms with E-state index in [1.807, 2.05) is 83.8 Å². The Hall–Kier alpha value is -7.45. The number of carbonyl (C=O) groups is 3. The summed E-state index contributed by atoms with van der Waals surface area (Å²) in [5.41, 5.74) is 13.7. The van der Waals surface area contributed by atoms with Crippen molar-refractivity contribution in [3.05, 3.63) is 132 Å². The van der Waals surface area contributed by atoms with Crippen molar-refractivity contribution in [2.45, 2.75) is 140 Å². The number of nitrogens with zero attached hydrogens (tertiary/aromatic N) is 9. The molecule has 2 aromatic carbocycles. The van der Waals surface area contributed by atoms with Crippen LogP contribution in [-0.2, 0) is 14.4 Å². The lowest BCUT2D eigenvalue weighted by atomic mass is 9.78. The van der Waals surface area contributed by atoms with Crippen LogP contribution in [0.3, 0.4) is 0 Å². The lowest BCUT2D eigenvalue weighted by molar-refractivity contribution is -0.124. The molecule has 2 saturated heterocycles. The number of anilines is 2. The van der Waals surface area contributed by atoms with E-state index in [-0.39, 0.29) is 17.7 Å². The monoisotopic (exact) mass is 998 g/mol. The van der Waals surface area contributed by atoms with Crippen molar-refractivity contribution >= 4 is 40.7 Å². The van der Waals surface area contributed by atoms with Crippen molar-refractivity contribution in [2.75, 3.05) is 10.2 Å². The molecule has 6 fully saturated rings. The number of piperidine rings is 1. The van der Waals surface area contributed by atoms with Gasteiger partial charge in [-0.2, -0.15) is 19.2 Å². The van der Waals surface area contributed by atoms with Crippen LogP contribution in [-0.4, -0.2) is 69.0 Å². The lowest BCUT2D eigenvalue weighted by Gasteiger charge is -2.31. The van der Waals surface area contributed by atoms with Crippen LogP contribution in [0.4, 0.5) is 11.6 Å². The van der Waals surface area contributed by atoms with Crippen LogP contribution < -0.4 is 15.5 Å². The van der Waals surface area contributed by atoms with Crippen LogP contribution in [0, 0.1) is 11.8 Å². The highest BCUT2D eigenvalue weighted by Crippen LogP contribution is 2.54. The van der Waals surface area contributed by atoms with Gasteiger partial charge in [0.1, 0.15) is 5.82 Å². The Labute approximate surface area is 436 Å². The van der Waals surface area contributed by atoms with Gasteiger partial charge in [-0.15, -0.1) is 0 Å². The van der Waals surface area contributed by atoms with E-state index in [4.69, 9.17) is 30.1 Å². The number of imide groups is 1. The predicted molar refractivity (Wildman–Crippen MR) is 290 cm³/mol. The van der Waals surface area contributed by atoms with Gasteiger partial charge in [-0.05, 0) is 106 Å². The third-order valence-electron chi connectivity index (χ3n) is 16.9. The number of benzene rings is 2. The first-order chi connectivity index (χ1) is 36.6. The fraction of sp³-hybridized carbons (Fsp3) is 0.393. The lowest BCUT2D eigenvalue weighted by Crippen LogP contribution is -2.37. The Morgan fingerprint density at radius 2 is 1.01 bits per heavy atom. The standard InChI is InChI=1S/C32H33N5O2.C29H30N6O/c1-19(38)36(20(2)39)32-29(24-10-11-24)30(26-15-21-8-9-22(14-21)16-26)35-31-27(18-34-37(31)32)25-12-13-28(33-17-25)23-6-4-3-5-7-23;1-17(36)32-29-26(19-7-8-19)27(21-13-22-10-11-23(14-21)33-22)34-28-24(16-31-35(28)29)20-9-12-25(30-15-20)18-5-3-2-4-6-18/h3-7,12-13,17-18,21-22,24,26H,8-11,14-16H2,1-2H3;2-6,9,12,15-16,19,21-23,33H,7-8,10-11,13-14H2,1H3,(H,32,36)/t21-,22+,26?;21?,22-,23+. The molecule has 0 spiro atoms. The molecule has 75 heavy (non-hydrogen) atoms. The zero-order valence-corrected chi connectivity index (χ0v) is 43.0. The van der Waals surface area contributed by atoms with E-state index < -0.39 is 0 Å².